The van der Waals surface area contributed by atoms with Crippen molar-refractivity contribution in [3.63, 3.8) is 0 Å². The molecule has 0 amide bonds. The quantitative estimate of drug-likeness (QED) is 0.671. The minimum absolute atomic E-state index is 0.431. The zero-order valence-electron chi connectivity index (χ0n) is 9.33. The second-order valence-electron chi connectivity index (χ2n) is 4.74. The fourth-order valence-corrected chi connectivity index (χ4v) is 2.63. The van der Waals surface area contributed by atoms with E-state index < -0.39 is 0 Å². The second kappa shape index (κ2) is 4.60. The first-order valence-electron chi connectivity index (χ1n) is 5.83. The van der Waals surface area contributed by atoms with Crippen LogP contribution in [-0.4, -0.2) is 49.8 Å². The van der Waals surface area contributed by atoms with E-state index in [9.17, 15) is 0 Å². The van der Waals surface area contributed by atoms with Gasteiger partial charge in [0.15, 0.2) is 0 Å². The van der Waals surface area contributed by atoms with E-state index in [1.807, 2.05) is 0 Å². The normalized spacial score (nSPS) is 41.1. The molecular weight excluding hydrogens is 176 g/mol. The Morgan fingerprint density at radius 2 is 2.21 bits per heavy atom. The molecule has 1 N–H and O–H groups in total. The fraction of sp³-hybridized carbons (Fsp3) is 1.00. The van der Waals surface area contributed by atoms with Crippen LogP contribution in [0.1, 0.15) is 20.3 Å². The van der Waals surface area contributed by atoms with Crippen LogP contribution >= 0.6 is 0 Å². The minimum atomic E-state index is 0.431. The Bertz CT molecular complexity index is 186. The number of hydrogen-bond acceptors (Lipinski definition) is 3. The Kier molecular flexibility index (Phi) is 3.42. The van der Waals surface area contributed by atoms with E-state index in [-0.39, 0.29) is 0 Å². The molecule has 2 saturated heterocycles. The Morgan fingerprint density at radius 3 is 2.93 bits per heavy atom. The van der Waals surface area contributed by atoms with Gasteiger partial charge in [-0.15, -0.1) is 0 Å². The lowest BCUT2D eigenvalue weighted by Gasteiger charge is -2.30. The molecule has 0 aliphatic carbocycles. The maximum atomic E-state index is 5.63. The van der Waals surface area contributed by atoms with E-state index in [0.717, 1.165) is 19.1 Å². The molecule has 3 atom stereocenters. The first-order valence-corrected chi connectivity index (χ1v) is 5.83. The van der Waals surface area contributed by atoms with Crippen molar-refractivity contribution in [2.75, 3.05) is 32.8 Å². The maximum absolute atomic E-state index is 5.63. The van der Waals surface area contributed by atoms with Crippen molar-refractivity contribution in [3.05, 3.63) is 0 Å². The van der Waals surface area contributed by atoms with Crippen molar-refractivity contribution in [1.29, 1.82) is 0 Å². The van der Waals surface area contributed by atoms with Crippen molar-refractivity contribution in [3.8, 4) is 0 Å². The van der Waals surface area contributed by atoms with Gasteiger partial charge in [-0.05, 0) is 25.8 Å². The van der Waals surface area contributed by atoms with Gasteiger partial charge in [-0.3, -0.25) is 4.90 Å². The third kappa shape index (κ3) is 2.27. The SMILES string of the molecule is CC1CNCCN(C2CCOC2C)C1. The lowest BCUT2D eigenvalue weighted by atomic mass is 10.1. The summed E-state index contributed by atoms with van der Waals surface area (Å²) in [5, 5.41) is 3.48. The highest BCUT2D eigenvalue weighted by atomic mass is 16.5. The summed E-state index contributed by atoms with van der Waals surface area (Å²) >= 11 is 0. The molecule has 82 valence electrons. The number of nitrogens with one attached hydrogen (secondary N) is 1. The van der Waals surface area contributed by atoms with Crippen molar-refractivity contribution < 1.29 is 4.74 Å². The standard InChI is InChI=1S/C11H22N2O/c1-9-7-12-4-5-13(8-9)11-3-6-14-10(11)2/h9-12H,3-8H2,1-2H3. The molecule has 3 heteroatoms. The van der Waals surface area contributed by atoms with E-state index in [1.165, 1.54) is 26.1 Å². The van der Waals surface area contributed by atoms with Gasteiger partial charge < -0.3 is 10.1 Å². The maximum Gasteiger partial charge on any atom is 0.0703 e. The number of nitrogens with zero attached hydrogens (tertiary/aromatic N) is 1. The van der Waals surface area contributed by atoms with E-state index in [1.54, 1.807) is 0 Å². The van der Waals surface area contributed by atoms with E-state index in [4.69, 9.17) is 4.74 Å². The van der Waals surface area contributed by atoms with Crippen molar-refractivity contribution >= 4 is 0 Å². The van der Waals surface area contributed by atoms with Crippen LogP contribution in [0.3, 0.4) is 0 Å². The molecule has 2 aliphatic rings. The topological polar surface area (TPSA) is 24.5 Å². The monoisotopic (exact) mass is 198 g/mol. The van der Waals surface area contributed by atoms with Crippen LogP contribution in [0.2, 0.25) is 0 Å². The van der Waals surface area contributed by atoms with Gasteiger partial charge in [-0.1, -0.05) is 6.92 Å². The molecule has 0 aromatic carbocycles. The van der Waals surface area contributed by atoms with Gasteiger partial charge in [0.25, 0.3) is 0 Å². The number of ether oxygens (including phenoxy) is 1. The van der Waals surface area contributed by atoms with Crippen LogP contribution in [0.25, 0.3) is 0 Å². The smallest absolute Gasteiger partial charge is 0.0703 e. The highest BCUT2D eigenvalue weighted by Crippen LogP contribution is 2.20. The summed E-state index contributed by atoms with van der Waals surface area (Å²) < 4.78 is 5.63. The van der Waals surface area contributed by atoms with Crippen molar-refractivity contribution in [1.82, 2.24) is 10.2 Å². The zero-order chi connectivity index (χ0) is 9.97. The van der Waals surface area contributed by atoms with E-state index in [0.29, 0.717) is 12.1 Å². The van der Waals surface area contributed by atoms with Gasteiger partial charge in [0.05, 0.1) is 6.10 Å². The molecule has 2 heterocycles. The lowest BCUT2D eigenvalue weighted by molar-refractivity contribution is 0.0727. The first-order chi connectivity index (χ1) is 6.77. The Morgan fingerprint density at radius 1 is 1.36 bits per heavy atom. The molecule has 0 bridgehead atoms. The molecule has 0 aromatic rings. The van der Waals surface area contributed by atoms with Gasteiger partial charge >= 0.3 is 0 Å². The summed E-state index contributed by atoms with van der Waals surface area (Å²) in [5.41, 5.74) is 0. The van der Waals surface area contributed by atoms with Gasteiger partial charge in [0, 0.05) is 32.3 Å². The molecule has 0 spiro atoms. The lowest BCUT2D eigenvalue weighted by Crippen LogP contribution is -2.42. The summed E-state index contributed by atoms with van der Waals surface area (Å²) in [6, 6.07) is 0.664. The largest absolute Gasteiger partial charge is 0.377 e. The van der Waals surface area contributed by atoms with Crippen LogP contribution in [0.15, 0.2) is 0 Å². The molecule has 3 nitrogen and oxygen atoms in total. The fourth-order valence-electron chi connectivity index (χ4n) is 2.63. The zero-order valence-corrected chi connectivity index (χ0v) is 9.33. The van der Waals surface area contributed by atoms with E-state index >= 15 is 0 Å². The summed E-state index contributed by atoms with van der Waals surface area (Å²) in [7, 11) is 0. The van der Waals surface area contributed by atoms with Crippen LogP contribution in [-0.2, 0) is 4.74 Å². The van der Waals surface area contributed by atoms with Crippen molar-refractivity contribution in [2.45, 2.75) is 32.4 Å². The molecular formula is C11H22N2O. The summed E-state index contributed by atoms with van der Waals surface area (Å²) in [6.45, 7) is 10.2. The Balaban J connectivity index is 1.94. The molecule has 0 radical (unpaired) electrons. The predicted molar refractivity (Wildman–Crippen MR) is 57.4 cm³/mol. The minimum Gasteiger partial charge on any atom is -0.377 e. The van der Waals surface area contributed by atoms with Crippen LogP contribution in [0, 0.1) is 5.92 Å². The highest BCUT2D eigenvalue weighted by molar-refractivity contribution is 4.85. The van der Waals surface area contributed by atoms with Gasteiger partial charge in [-0.25, -0.2) is 0 Å². The molecule has 3 unspecified atom stereocenters. The molecule has 14 heavy (non-hydrogen) atoms. The summed E-state index contributed by atoms with van der Waals surface area (Å²) in [4.78, 5) is 2.61. The Hall–Kier alpha value is -0.120. The van der Waals surface area contributed by atoms with Crippen LogP contribution in [0.4, 0.5) is 0 Å². The third-order valence-corrected chi connectivity index (χ3v) is 3.42. The molecule has 0 saturated carbocycles. The highest BCUT2D eigenvalue weighted by Gasteiger charge is 2.31. The number of rotatable bonds is 1. The molecule has 0 aromatic heterocycles. The van der Waals surface area contributed by atoms with Gasteiger partial charge in [0.2, 0.25) is 0 Å². The first kappa shape index (κ1) is 10.4. The molecule has 2 aliphatic heterocycles. The average Bonchev–Trinajstić information content (AvgIpc) is 2.45. The summed E-state index contributed by atoms with van der Waals surface area (Å²) in [5.74, 6) is 0.769. The van der Waals surface area contributed by atoms with Crippen LogP contribution in [0.5, 0.6) is 0 Å². The van der Waals surface area contributed by atoms with E-state index in [2.05, 4.69) is 24.1 Å². The third-order valence-electron chi connectivity index (χ3n) is 3.42. The van der Waals surface area contributed by atoms with Crippen molar-refractivity contribution in [2.24, 2.45) is 5.92 Å². The molecule has 2 rings (SSSR count). The van der Waals surface area contributed by atoms with Gasteiger partial charge in [-0.2, -0.15) is 0 Å². The van der Waals surface area contributed by atoms with Gasteiger partial charge in [0.1, 0.15) is 0 Å². The summed E-state index contributed by atoms with van der Waals surface area (Å²) in [6.07, 6.45) is 1.65. The van der Waals surface area contributed by atoms with Crippen LogP contribution < -0.4 is 5.32 Å². The number of hydrogen-bond donors (Lipinski definition) is 1. The molecule has 2 fully saturated rings. The Labute approximate surface area is 86.8 Å². The predicted octanol–water partition coefficient (Wildman–Crippen LogP) is 0.705. The second-order valence-corrected chi connectivity index (χ2v) is 4.74. The average molecular weight is 198 g/mol.